The predicted molar refractivity (Wildman–Crippen MR) is 106 cm³/mol. The molecule has 8 heteroatoms. The molecule has 0 saturated carbocycles. The number of carbonyl (C=O) groups excluding carboxylic acids is 1. The van der Waals surface area contributed by atoms with Crippen LogP contribution in [0, 0.1) is 0 Å². The number of aryl methyl sites for hydroxylation is 1. The maximum absolute atomic E-state index is 12.8. The average molecular weight is 375 g/mol. The number of nitrogens with one attached hydrogen (secondary N) is 3. The van der Waals surface area contributed by atoms with Crippen molar-refractivity contribution < 1.29 is 4.79 Å². The average Bonchev–Trinajstić information content (AvgIpc) is 2.62. The lowest BCUT2D eigenvalue weighted by molar-refractivity contribution is 0.0951. The van der Waals surface area contributed by atoms with Crippen molar-refractivity contribution in [1.29, 1.82) is 0 Å². The van der Waals surface area contributed by atoms with Gasteiger partial charge < -0.3 is 10.6 Å². The molecule has 0 aliphatic heterocycles. The number of hydrogen-bond acceptors (Lipinski definition) is 5. The Labute approximate surface area is 158 Å². The summed E-state index contributed by atoms with van der Waals surface area (Å²) in [5, 5.41) is 6.24. The highest BCUT2D eigenvalue weighted by atomic mass is 16.2. The van der Waals surface area contributed by atoms with E-state index in [1.54, 1.807) is 6.07 Å². The van der Waals surface area contributed by atoms with Crippen LogP contribution in [0.5, 0.6) is 0 Å². The van der Waals surface area contributed by atoms with Crippen molar-refractivity contribution in [2.45, 2.75) is 59.5 Å². The van der Waals surface area contributed by atoms with Crippen LogP contribution >= 0.6 is 0 Å². The number of aromatic nitrogens is 3. The predicted octanol–water partition coefficient (Wildman–Crippen LogP) is 1.35. The Morgan fingerprint density at radius 1 is 1.26 bits per heavy atom. The summed E-state index contributed by atoms with van der Waals surface area (Å²) in [6.07, 6.45) is 0.705. The van der Waals surface area contributed by atoms with Crippen LogP contribution in [0.4, 0.5) is 0 Å². The molecule has 0 fully saturated rings. The van der Waals surface area contributed by atoms with E-state index in [0.29, 0.717) is 25.2 Å². The highest BCUT2D eigenvalue weighted by Crippen LogP contribution is 2.19. The molecule has 1 atom stereocenters. The standard InChI is InChI=1S/C19H29N5O3/c1-6-8-24-16-15(18(26)23-19(24)27)13(9-14(22-16)11(3)4)17(25)21-10-12(5)20-7-2/h9,11-12,20H,6-8,10H2,1-5H3,(H,21,25)(H,23,26,27)/t12-/m1/s1. The van der Waals surface area contributed by atoms with Crippen LogP contribution in [0.3, 0.4) is 0 Å². The highest BCUT2D eigenvalue weighted by molar-refractivity contribution is 6.05. The van der Waals surface area contributed by atoms with Crippen LogP contribution in [0.15, 0.2) is 15.7 Å². The highest BCUT2D eigenvalue weighted by Gasteiger charge is 2.20. The third kappa shape index (κ3) is 4.63. The number of pyridine rings is 1. The van der Waals surface area contributed by atoms with E-state index in [-0.39, 0.29) is 34.5 Å². The quantitative estimate of drug-likeness (QED) is 0.645. The molecule has 2 aromatic rings. The molecule has 0 spiro atoms. The zero-order valence-corrected chi connectivity index (χ0v) is 16.7. The van der Waals surface area contributed by atoms with Crippen molar-refractivity contribution in [2.75, 3.05) is 13.1 Å². The summed E-state index contributed by atoms with van der Waals surface area (Å²) in [6.45, 7) is 11.5. The van der Waals surface area contributed by atoms with Crippen molar-refractivity contribution in [3.05, 3.63) is 38.2 Å². The van der Waals surface area contributed by atoms with E-state index in [0.717, 1.165) is 6.54 Å². The number of carbonyl (C=O) groups is 1. The molecule has 0 saturated heterocycles. The molecule has 8 nitrogen and oxygen atoms in total. The van der Waals surface area contributed by atoms with E-state index in [1.807, 2.05) is 34.6 Å². The number of amides is 1. The third-order valence-corrected chi connectivity index (χ3v) is 4.37. The normalized spacial score (nSPS) is 12.5. The lowest BCUT2D eigenvalue weighted by Crippen LogP contribution is -2.39. The Bertz CT molecular complexity index is 929. The molecule has 148 valence electrons. The fourth-order valence-corrected chi connectivity index (χ4v) is 2.96. The fraction of sp³-hybridized carbons (Fsp3) is 0.579. The molecule has 0 radical (unpaired) electrons. The Balaban J connectivity index is 2.63. The van der Waals surface area contributed by atoms with Crippen LogP contribution < -0.4 is 21.9 Å². The van der Waals surface area contributed by atoms with Gasteiger partial charge >= 0.3 is 5.69 Å². The number of fused-ring (bicyclic) bond motifs is 1. The molecule has 0 aliphatic rings. The van der Waals surface area contributed by atoms with Crippen molar-refractivity contribution >= 4 is 16.9 Å². The molecule has 0 aliphatic carbocycles. The van der Waals surface area contributed by atoms with Crippen molar-refractivity contribution in [3.8, 4) is 0 Å². The monoisotopic (exact) mass is 375 g/mol. The molecule has 0 unspecified atom stereocenters. The fourth-order valence-electron chi connectivity index (χ4n) is 2.96. The van der Waals surface area contributed by atoms with Gasteiger partial charge in [-0.1, -0.05) is 27.7 Å². The first kappa shape index (κ1) is 20.8. The second kappa shape index (κ2) is 8.94. The SMILES string of the molecule is CCCn1c(=O)[nH]c(=O)c2c(C(=O)NC[C@@H](C)NCC)cc(C(C)C)nc21. The summed E-state index contributed by atoms with van der Waals surface area (Å²) >= 11 is 0. The van der Waals surface area contributed by atoms with Gasteiger partial charge in [-0.05, 0) is 31.9 Å². The molecule has 0 bridgehead atoms. The first-order valence-corrected chi connectivity index (χ1v) is 9.49. The van der Waals surface area contributed by atoms with Crippen molar-refractivity contribution in [1.82, 2.24) is 25.2 Å². The molecule has 2 heterocycles. The first-order chi connectivity index (χ1) is 12.8. The minimum atomic E-state index is -0.588. The van der Waals surface area contributed by atoms with Gasteiger partial charge in [-0.2, -0.15) is 0 Å². The second-order valence-corrected chi connectivity index (χ2v) is 7.03. The molecule has 2 aromatic heterocycles. The van der Waals surface area contributed by atoms with Gasteiger partial charge in [0.1, 0.15) is 0 Å². The van der Waals surface area contributed by atoms with Gasteiger partial charge in [0.05, 0.1) is 10.9 Å². The minimum absolute atomic E-state index is 0.0473. The number of rotatable bonds is 8. The van der Waals surface area contributed by atoms with E-state index in [4.69, 9.17) is 0 Å². The molecular weight excluding hydrogens is 346 g/mol. The smallest absolute Gasteiger partial charge is 0.329 e. The van der Waals surface area contributed by atoms with E-state index >= 15 is 0 Å². The first-order valence-electron chi connectivity index (χ1n) is 9.49. The van der Waals surface area contributed by atoms with E-state index in [9.17, 15) is 14.4 Å². The van der Waals surface area contributed by atoms with Crippen LogP contribution in [-0.2, 0) is 6.54 Å². The molecule has 2 rings (SSSR count). The van der Waals surface area contributed by atoms with Gasteiger partial charge in [-0.25, -0.2) is 9.78 Å². The molecular formula is C19H29N5O3. The van der Waals surface area contributed by atoms with Gasteiger partial charge in [-0.3, -0.25) is 19.1 Å². The number of H-pyrrole nitrogens is 1. The largest absolute Gasteiger partial charge is 0.350 e. The number of likely N-dealkylation sites (N-methyl/N-ethyl adjacent to an activating group) is 1. The summed E-state index contributed by atoms with van der Waals surface area (Å²) in [7, 11) is 0. The number of nitrogens with zero attached hydrogens (tertiary/aromatic N) is 2. The Morgan fingerprint density at radius 2 is 1.96 bits per heavy atom. The van der Waals surface area contributed by atoms with Gasteiger partial charge in [0.2, 0.25) is 0 Å². The summed E-state index contributed by atoms with van der Waals surface area (Å²) in [5.41, 5.74) is 0.0901. The van der Waals surface area contributed by atoms with Crippen molar-refractivity contribution in [2.24, 2.45) is 0 Å². The van der Waals surface area contributed by atoms with Crippen LogP contribution in [0.2, 0.25) is 0 Å². The number of aromatic amines is 1. The van der Waals surface area contributed by atoms with Crippen LogP contribution in [-0.4, -0.2) is 39.6 Å². The minimum Gasteiger partial charge on any atom is -0.350 e. The van der Waals surface area contributed by atoms with E-state index in [1.165, 1.54) is 4.57 Å². The van der Waals surface area contributed by atoms with E-state index in [2.05, 4.69) is 20.6 Å². The van der Waals surface area contributed by atoms with Gasteiger partial charge in [0.15, 0.2) is 5.65 Å². The molecule has 0 aromatic carbocycles. The van der Waals surface area contributed by atoms with Crippen LogP contribution in [0.1, 0.15) is 63.0 Å². The van der Waals surface area contributed by atoms with Gasteiger partial charge in [-0.15, -0.1) is 0 Å². The summed E-state index contributed by atoms with van der Waals surface area (Å²) < 4.78 is 1.43. The lowest BCUT2D eigenvalue weighted by Gasteiger charge is -2.16. The van der Waals surface area contributed by atoms with E-state index < -0.39 is 11.2 Å². The zero-order valence-electron chi connectivity index (χ0n) is 16.7. The topological polar surface area (TPSA) is 109 Å². The summed E-state index contributed by atoms with van der Waals surface area (Å²) in [6, 6.07) is 1.75. The molecule has 1 amide bonds. The lowest BCUT2D eigenvalue weighted by atomic mass is 10.0. The van der Waals surface area contributed by atoms with Crippen molar-refractivity contribution in [3.63, 3.8) is 0 Å². The Morgan fingerprint density at radius 3 is 2.56 bits per heavy atom. The molecule has 3 N–H and O–H groups in total. The van der Waals surface area contributed by atoms with Gasteiger partial charge in [0, 0.05) is 24.8 Å². The summed E-state index contributed by atoms with van der Waals surface area (Å²) in [5.74, 6) is -0.299. The number of hydrogen-bond donors (Lipinski definition) is 3. The molecule has 27 heavy (non-hydrogen) atoms. The Hall–Kier alpha value is -2.48. The zero-order chi connectivity index (χ0) is 20.1. The van der Waals surface area contributed by atoms with Crippen LogP contribution in [0.25, 0.3) is 11.0 Å². The summed E-state index contributed by atoms with van der Waals surface area (Å²) in [4.78, 5) is 44.4. The maximum Gasteiger partial charge on any atom is 0.329 e. The maximum atomic E-state index is 12.8. The third-order valence-electron chi connectivity index (χ3n) is 4.37. The Kier molecular flexibility index (Phi) is 6.90. The second-order valence-electron chi connectivity index (χ2n) is 7.03. The van der Waals surface area contributed by atoms with Gasteiger partial charge in [0.25, 0.3) is 11.5 Å².